The Hall–Kier alpha value is -1.79. The number of likely N-dealkylation sites (N-methyl/N-ethyl adjacent to an activating group) is 1. The molecule has 4 nitrogen and oxygen atoms in total. The predicted molar refractivity (Wildman–Crippen MR) is 59.4 cm³/mol. The molecule has 1 rings (SSSR count). The molecule has 0 saturated heterocycles. The maximum Gasteiger partial charge on any atom is 0.433 e. The van der Waals surface area contributed by atoms with Crippen molar-refractivity contribution in [1.29, 1.82) is 0 Å². The summed E-state index contributed by atoms with van der Waals surface area (Å²) in [6, 6.07) is 3.37. The van der Waals surface area contributed by atoms with Crippen molar-refractivity contribution in [2.75, 3.05) is 11.9 Å². The molecule has 1 aromatic rings. The first-order valence-corrected chi connectivity index (χ1v) is 5.08. The average Bonchev–Trinajstić information content (AvgIpc) is 2.26. The molecule has 0 fully saturated rings. The fourth-order valence-electron chi connectivity index (χ4n) is 1.20. The zero-order valence-corrected chi connectivity index (χ0v) is 10.1. The fourth-order valence-corrected chi connectivity index (χ4v) is 1.20. The zero-order valence-electron chi connectivity index (χ0n) is 10.1. The number of rotatable bonds is 3. The smallest absolute Gasteiger partial charge is 0.433 e. The van der Waals surface area contributed by atoms with Gasteiger partial charge in [-0.25, -0.2) is 9.78 Å². The van der Waals surface area contributed by atoms with Crippen LogP contribution in [0.2, 0.25) is 0 Å². The van der Waals surface area contributed by atoms with Gasteiger partial charge in [0.15, 0.2) is 0 Å². The molecule has 0 amide bonds. The SMILES string of the molecule is CN(c1cccc(C(F)(F)F)n1)C(C)(C)C(=O)O. The lowest BCUT2D eigenvalue weighted by Gasteiger charge is -2.32. The van der Waals surface area contributed by atoms with Crippen molar-refractivity contribution < 1.29 is 23.1 Å². The highest BCUT2D eigenvalue weighted by Gasteiger charge is 2.36. The molecule has 0 aliphatic heterocycles. The van der Waals surface area contributed by atoms with Crippen molar-refractivity contribution in [3.05, 3.63) is 23.9 Å². The van der Waals surface area contributed by atoms with Crippen molar-refractivity contribution in [3.8, 4) is 0 Å². The number of halogens is 3. The van der Waals surface area contributed by atoms with Gasteiger partial charge in [-0.05, 0) is 26.0 Å². The van der Waals surface area contributed by atoms with Gasteiger partial charge in [0.1, 0.15) is 17.1 Å². The topological polar surface area (TPSA) is 53.4 Å². The van der Waals surface area contributed by atoms with E-state index in [1.807, 2.05) is 0 Å². The van der Waals surface area contributed by atoms with Gasteiger partial charge in [0.25, 0.3) is 0 Å². The number of carbonyl (C=O) groups is 1. The molecule has 1 aromatic heterocycles. The van der Waals surface area contributed by atoms with Gasteiger partial charge in [0.2, 0.25) is 0 Å². The normalized spacial score (nSPS) is 12.3. The Morgan fingerprint density at radius 3 is 2.33 bits per heavy atom. The van der Waals surface area contributed by atoms with Crippen molar-refractivity contribution >= 4 is 11.8 Å². The van der Waals surface area contributed by atoms with E-state index in [0.717, 1.165) is 6.07 Å². The summed E-state index contributed by atoms with van der Waals surface area (Å²) in [4.78, 5) is 15.6. The lowest BCUT2D eigenvalue weighted by molar-refractivity contribution is -0.142. The first-order valence-electron chi connectivity index (χ1n) is 5.08. The summed E-state index contributed by atoms with van der Waals surface area (Å²) in [6.07, 6.45) is -4.55. The summed E-state index contributed by atoms with van der Waals surface area (Å²) in [6.45, 7) is 2.77. The Bertz CT molecular complexity index is 458. The molecule has 0 saturated carbocycles. The van der Waals surface area contributed by atoms with Crippen LogP contribution in [0.15, 0.2) is 18.2 Å². The molecule has 0 radical (unpaired) electrons. The van der Waals surface area contributed by atoms with Gasteiger partial charge in [-0.2, -0.15) is 13.2 Å². The number of alkyl halides is 3. The van der Waals surface area contributed by atoms with E-state index < -0.39 is 23.4 Å². The Kier molecular flexibility index (Phi) is 3.54. The molecule has 0 bridgehead atoms. The second-order valence-corrected chi connectivity index (χ2v) is 4.30. The van der Waals surface area contributed by atoms with Crippen LogP contribution >= 0.6 is 0 Å². The average molecular weight is 262 g/mol. The standard InChI is InChI=1S/C11H13F3N2O2/c1-10(2,9(17)18)16(3)8-6-4-5-7(15-8)11(12,13)14/h4-6H,1-3H3,(H,17,18). The number of pyridine rings is 1. The molecule has 1 N–H and O–H groups in total. The maximum atomic E-state index is 12.5. The monoisotopic (exact) mass is 262 g/mol. The van der Waals surface area contributed by atoms with E-state index in [9.17, 15) is 18.0 Å². The molecule has 100 valence electrons. The molecule has 0 unspecified atom stereocenters. The third-order valence-electron chi connectivity index (χ3n) is 2.73. The summed E-state index contributed by atoms with van der Waals surface area (Å²) >= 11 is 0. The van der Waals surface area contributed by atoms with E-state index in [2.05, 4.69) is 4.98 Å². The van der Waals surface area contributed by atoms with E-state index >= 15 is 0 Å². The summed E-state index contributed by atoms with van der Waals surface area (Å²) in [7, 11) is 1.39. The molecule has 7 heteroatoms. The van der Waals surface area contributed by atoms with Crippen LogP contribution in [-0.4, -0.2) is 28.6 Å². The van der Waals surface area contributed by atoms with Gasteiger partial charge in [0, 0.05) is 7.05 Å². The Balaban J connectivity index is 3.16. The molecule has 0 aromatic carbocycles. The van der Waals surface area contributed by atoms with Gasteiger partial charge >= 0.3 is 12.1 Å². The van der Waals surface area contributed by atoms with E-state index in [0.29, 0.717) is 0 Å². The van der Waals surface area contributed by atoms with E-state index in [1.165, 1.54) is 37.9 Å². The zero-order chi connectivity index (χ0) is 14.1. The van der Waals surface area contributed by atoms with Gasteiger partial charge < -0.3 is 10.0 Å². The number of carboxylic acid groups (broad SMARTS) is 1. The minimum absolute atomic E-state index is 0.0442. The van der Waals surface area contributed by atoms with E-state index in [1.54, 1.807) is 0 Å². The summed E-state index contributed by atoms with van der Waals surface area (Å²) in [5.74, 6) is -1.19. The lowest BCUT2D eigenvalue weighted by Crippen LogP contribution is -2.48. The highest BCUT2D eigenvalue weighted by molar-refractivity contribution is 5.81. The van der Waals surface area contributed by atoms with Crippen LogP contribution in [0.4, 0.5) is 19.0 Å². The minimum Gasteiger partial charge on any atom is -0.480 e. The molecule has 1 heterocycles. The molecular weight excluding hydrogens is 249 g/mol. The number of nitrogens with zero attached hydrogens (tertiary/aromatic N) is 2. The number of hydrogen-bond acceptors (Lipinski definition) is 3. The summed E-state index contributed by atoms with van der Waals surface area (Å²) < 4.78 is 37.5. The van der Waals surface area contributed by atoms with Crippen LogP contribution in [0, 0.1) is 0 Å². The second kappa shape index (κ2) is 4.47. The molecule has 18 heavy (non-hydrogen) atoms. The Morgan fingerprint density at radius 1 is 1.33 bits per heavy atom. The predicted octanol–water partition coefficient (Wildman–Crippen LogP) is 2.40. The highest BCUT2D eigenvalue weighted by atomic mass is 19.4. The summed E-state index contributed by atoms with van der Waals surface area (Å²) in [5, 5.41) is 9.01. The van der Waals surface area contributed by atoms with Crippen LogP contribution in [0.25, 0.3) is 0 Å². The van der Waals surface area contributed by atoms with Crippen LogP contribution in [-0.2, 0) is 11.0 Å². The van der Waals surface area contributed by atoms with Gasteiger partial charge in [-0.1, -0.05) is 6.07 Å². The Labute approximate surface area is 102 Å². The maximum absolute atomic E-state index is 12.5. The molecule has 0 spiro atoms. The molecular formula is C11H13F3N2O2. The molecule has 0 atom stereocenters. The van der Waals surface area contributed by atoms with E-state index in [4.69, 9.17) is 5.11 Å². The van der Waals surface area contributed by atoms with Crippen LogP contribution in [0.1, 0.15) is 19.5 Å². The van der Waals surface area contributed by atoms with Crippen LogP contribution in [0.5, 0.6) is 0 Å². The third kappa shape index (κ3) is 2.72. The van der Waals surface area contributed by atoms with Crippen molar-refractivity contribution in [2.45, 2.75) is 25.6 Å². The van der Waals surface area contributed by atoms with E-state index in [-0.39, 0.29) is 5.82 Å². The number of hydrogen-bond donors (Lipinski definition) is 1. The van der Waals surface area contributed by atoms with Gasteiger partial charge in [0.05, 0.1) is 0 Å². The van der Waals surface area contributed by atoms with Crippen LogP contribution < -0.4 is 4.90 Å². The largest absolute Gasteiger partial charge is 0.480 e. The lowest BCUT2D eigenvalue weighted by atomic mass is 10.0. The van der Waals surface area contributed by atoms with Gasteiger partial charge in [-0.15, -0.1) is 0 Å². The summed E-state index contributed by atoms with van der Waals surface area (Å²) in [5.41, 5.74) is -2.40. The molecule has 0 aliphatic rings. The number of anilines is 1. The first-order chi connectivity index (χ1) is 8.06. The quantitative estimate of drug-likeness (QED) is 0.908. The third-order valence-corrected chi connectivity index (χ3v) is 2.73. The molecule has 0 aliphatic carbocycles. The number of aliphatic carboxylic acids is 1. The van der Waals surface area contributed by atoms with Crippen molar-refractivity contribution in [2.24, 2.45) is 0 Å². The number of carboxylic acids is 1. The fraction of sp³-hybridized carbons (Fsp3) is 0.455. The van der Waals surface area contributed by atoms with Crippen molar-refractivity contribution in [1.82, 2.24) is 4.98 Å². The second-order valence-electron chi connectivity index (χ2n) is 4.30. The van der Waals surface area contributed by atoms with Gasteiger partial charge in [-0.3, -0.25) is 0 Å². The van der Waals surface area contributed by atoms with Crippen molar-refractivity contribution in [3.63, 3.8) is 0 Å². The van der Waals surface area contributed by atoms with Crippen LogP contribution in [0.3, 0.4) is 0 Å². The number of aromatic nitrogens is 1. The first kappa shape index (κ1) is 14.3. The highest BCUT2D eigenvalue weighted by Crippen LogP contribution is 2.30. The Morgan fingerprint density at radius 2 is 1.89 bits per heavy atom. The minimum atomic E-state index is -4.55.